The fourth-order valence-corrected chi connectivity index (χ4v) is 3.52. The first-order chi connectivity index (χ1) is 14.2. The van der Waals surface area contributed by atoms with Crippen LogP contribution in [-0.2, 0) is 6.18 Å². The molecule has 30 heavy (non-hydrogen) atoms. The van der Waals surface area contributed by atoms with Crippen molar-refractivity contribution in [2.45, 2.75) is 18.3 Å². The van der Waals surface area contributed by atoms with E-state index in [0.717, 1.165) is 23.6 Å². The lowest BCUT2D eigenvalue weighted by Crippen LogP contribution is -2.33. The molecule has 3 aromatic heterocycles. The third kappa shape index (κ3) is 4.84. The Bertz CT molecular complexity index is 1000. The van der Waals surface area contributed by atoms with Gasteiger partial charge in [0.2, 0.25) is 0 Å². The summed E-state index contributed by atoms with van der Waals surface area (Å²) in [5, 5.41) is 21.8. The predicted octanol–water partition coefficient (Wildman–Crippen LogP) is 2.01. The summed E-state index contributed by atoms with van der Waals surface area (Å²) in [5.41, 5.74) is 5.65. The van der Waals surface area contributed by atoms with Crippen molar-refractivity contribution < 1.29 is 28.2 Å². The zero-order valence-electron chi connectivity index (χ0n) is 15.3. The lowest BCUT2D eigenvalue weighted by atomic mass is 10.2. The summed E-state index contributed by atoms with van der Waals surface area (Å²) in [6.45, 7) is -0.410. The van der Waals surface area contributed by atoms with E-state index < -0.39 is 36.4 Å². The number of H-pyrrole nitrogens is 1. The number of alkyl halides is 3. The van der Waals surface area contributed by atoms with Crippen LogP contribution in [-0.4, -0.2) is 44.2 Å². The van der Waals surface area contributed by atoms with Crippen LogP contribution in [0.2, 0.25) is 0 Å². The molecule has 0 aliphatic heterocycles. The first-order valence-electron chi connectivity index (χ1n) is 8.71. The molecule has 2 atom stereocenters. The Hall–Kier alpha value is -2.80. The van der Waals surface area contributed by atoms with Crippen molar-refractivity contribution in [3.63, 3.8) is 0 Å². The molecular weight excluding hydrogens is 423 g/mol. The molecule has 0 radical (unpaired) electrons. The Morgan fingerprint density at radius 3 is 2.60 bits per heavy atom. The zero-order valence-corrected chi connectivity index (χ0v) is 16.2. The monoisotopic (exact) mass is 441 g/mol. The minimum Gasteiger partial charge on any atom is -0.393 e. The second-order valence-electron chi connectivity index (χ2n) is 6.28. The number of nitrogens with two attached hydrogens (primary N) is 1. The molecular formula is C18H18F3N5O3S. The van der Waals surface area contributed by atoms with E-state index in [9.17, 15) is 23.1 Å². The molecule has 12 heteroatoms. The predicted molar refractivity (Wildman–Crippen MR) is 102 cm³/mol. The summed E-state index contributed by atoms with van der Waals surface area (Å²) in [6, 6.07) is 4.50. The fourth-order valence-electron chi connectivity index (χ4n) is 2.56. The van der Waals surface area contributed by atoms with Gasteiger partial charge in [-0.3, -0.25) is 9.78 Å². The molecule has 0 fully saturated rings. The Balaban J connectivity index is 1.71. The Labute approximate surface area is 172 Å². The lowest BCUT2D eigenvalue weighted by Gasteiger charge is -2.13. The number of aliphatic hydroxyl groups is 2. The summed E-state index contributed by atoms with van der Waals surface area (Å²) in [4.78, 5) is 23.7. The van der Waals surface area contributed by atoms with Crippen molar-refractivity contribution >= 4 is 17.2 Å². The van der Waals surface area contributed by atoms with E-state index in [1.54, 1.807) is 0 Å². The molecule has 8 nitrogen and oxygen atoms in total. The first kappa shape index (κ1) is 21.9. The van der Waals surface area contributed by atoms with Gasteiger partial charge in [0.1, 0.15) is 16.8 Å². The van der Waals surface area contributed by atoms with Crippen LogP contribution < -0.4 is 11.1 Å². The van der Waals surface area contributed by atoms with Gasteiger partial charge in [0.25, 0.3) is 5.91 Å². The maximum atomic E-state index is 12.7. The molecule has 6 N–H and O–H groups in total. The molecule has 0 aliphatic carbocycles. The summed E-state index contributed by atoms with van der Waals surface area (Å²) in [5.74, 6) is -0.497. The highest BCUT2D eigenvalue weighted by molar-refractivity contribution is 7.11. The number of halogens is 3. The van der Waals surface area contributed by atoms with Gasteiger partial charge in [-0.05, 0) is 24.3 Å². The van der Waals surface area contributed by atoms with Crippen LogP contribution in [0.15, 0.2) is 36.7 Å². The highest BCUT2D eigenvalue weighted by atomic mass is 32.1. The second kappa shape index (κ2) is 8.92. The van der Waals surface area contributed by atoms with Gasteiger partial charge in [-0.2, -0.15) is 13.2 Å². The van der Waals surface area contributed by atoms with Crippen LogP contribution >= 0.6 is 11.3 Å². The standard InChI is InChI=1S/C18H18F3N5O3S/c19-18(20,21)9-1-2-10(23-6-9)11-3-4-12(25-11)16(29)26-13(5-22)17-24-7-15(30-17)14(28)8-27/h1-4,6-7,13-14,25,27-28H,5,8,22H2,(H,26,29). The average Bonchev–Trinajstić information content (AvgIpc) is 3.41. The van der Waals surface area contributed by atoms with Gasteiger partial charge in [0, 0.05) is 18.9 Å². The van der Waals surface area contributed by atoms with Crippen LogP contribution in [0.1, 0.15) is 38.1 Å². The van der Waals surface area contributed by atoms with Crippen molar-refractivity contribution in [1.29, 1.82) is 0 Å². The number of aliphatic hydroxyl groups excluding tert-OH is 2. The summed E-state index contributed by atoms with van der Waals surface area (Å²) >= 11 is 1.11. The molecule has 2 unspecified atom stereocenters. The van der Waals surface area contributed by atoms with Crippen LogP contribution in [0.4, 0.5) is 13.2 Å². The van der Waals surface area contributed by atoms with E-state index in [1.807, 2.05) is 0 Å². The number of aromatic amines is 1. The van der Waals surface area contributed by atoms with E-state index in [4.69, 9.17) is 10.8 Å². The van der Waals surface area contributed by atoms with E-state index >= 15 is 0 Å². The van der Waals surface area contributed by atoms with Crippen molar-refractivity contribution in [2.75, 3.05) is 13.2 Å². The Morgan fingerprint density at radius 2 is 2.00 bits per heavy atom. The van der Waals surface area contributed by atoms with Gasteiger partial charge in [-0.15, -0.1) is 11.3 Å². The molecule has 3 rings (SSSR count). The number of nitrogens with one attached hydrogen (secondary N) is 2. The molecule has 0 bridgehead atoms. The largest absolute Gasteiger partial charge is 0.417 e. The average molecular weight is 441 g/mol. The number of nitrogens with zero attached hydrogens (tertiary/aromatic N) is 2. The third-order valence-electron chi connectivity index (χ3n) is 4.18. The number of hydrogen-bond acceptors (Lipinski definition) is 7. The second-order valence-corrected chi connectivity index (χ2v) is 7.37. The van der Waals surface area contributed by atoms with Gasteiger partial charge >= 0.3 is 6.18 Å². The van der Waals surface area contributed by atoms with Gasteiger partial charge in [-0.25, -0.2) is 4.98 Å². The number of aromatic nitrogens is 3. The number of hydrogen-bond donors (Lipinski definition) is 5. The van der Waals surface area contributed by atoms with E-state index in [-0.39, 0.29) is 17.9 Å². The number of carbonyl (C=O) groups is 1. The third-order valence-corrected chi connectivity index (χ3v) is 5.39. The zero-order chi connectivity index (χ0) is 21.9. The minimum absolute atomic E-state index is 0.0436. The Kier molecular flexibility index (Phi) is 6.51. The minimum atomic E-state index is -4.48. The molecule has 1 amide bonds. The van der Waals surface area contributed by atoms with E-state index in [2.05, 4.69) is 20.3 Å². The topological polar surface area (TPSA) is 137 Å². The SMILES string of the molecule is NCC(NC(=O)c1ccc(-c2ccc(C(F)(F)F)cn2)[nH]1)c1ncc(C(O)CO)s1. The quantitative estimate of drug-likeness (QED) is 0.380. The molecule has 3 aromatic rings. The summed E-state index contributed by atoms with van der Waals surface area (Å²) < 4.78 is 38.0. The van der Waals surface area contributed by atoms with Gasteiger partial charge in [0.05, 0.1) is 34.5 Å². The smallest absolute Gasteiger partial charge is 0.393 e. The van der Waals surface area contributed by atoms with Crippen LogP contribution in [0, 0.1) is 0 Å². The van der Waals surface area contributed by atoms with Crippen LogP contribution in [0.5, 0.6) is 0 Å². The van der Waals surface area contributed by atoms with Gasteiger partial charge in [-0.1, -0.05) is 0 Å². The highest BCUT2D eigenvalue weighted by Crippen LogP contribution is 2.29. The normalized spacial score (nSPS) is 13.8. The number of carbonyl (C=O) groups excluding carboxylic acids is 1. The Morgan fingerprint density at radius 1 is 1.23 bits per heavy atom. The number of rotatable bonds is 7. The summed E-state index contributed by atoms with van der Waals surface area (Å²) in [7, 11) is 0. The van der Waals surface area contributed by atoms with E-state index in [1.165, 1.54) is 24.4 Å². The lowest BCUT2D eigenvalue weighted by molar-refractivity contribution is -0.137. The molecule has 160 valence electrons. The van der Waals surface area contributed by atoms with Gasteiger partial charge in [0.15, 0.2) is 0 Å². The maximum absolute atomic E-state index is 12.7. The van der Waals surface area contributed by atoms with Crippen molar-refractivity contribution in [3.05, 3.63) is 57.8 Å². The van der Waals surface area contributed by atoms with Crippen LogP contribution in [0.25, 0.3) is 11.4 Å². The van der Waals surface area contributed by atoms with Crippen molar-refractivity contribution in [1.82, 2.24) is 20.3 Å². The number of thiazole rings is 1. The van der Waals surface area contributed by atoms with E-state index in [0.29, 0.717) is 15.6 Å². The van der Waals surface area contributed by atoms with Crippen LogP contribution in [0.3, 0.4) is 0 Å². The number of amides is 1. The molecule has 0 saturated heterocycles. The fraction of sp³-hybridized carbons (Fsp3) is 0.278. The molecule has 0 saturated carbocycles. The molecule has 3 heterocycles. The van der Waals surface area contributed by atoms with Crippen molar-refractivity contribution in [3.8, 4) is 11.4 Å². The highest BCUT2D eigenvalue weighted by Gasteiger charge is 2.30. The van der Waals surface area contributed by atoms with Gasteiger partial charge < -0.3 is 26.2 Å². The maximum Gasteiger partial charge on any atom is 0.417 e. The first-order valence-corrected chi connectivity index (χ1v) is 9.52. The summed E-state index contributed by atoms with van der Waals surface area (Å²) in [6.07, 6.45) is -3.42. The number of pyridine rings is 1. The molecule has 0 spiro atoms. The molecule has 0 aliphatic rings. The van der Waals surface area contributed by atoms with Crippen molar-refractivity contribution in [2.24, 2.45) is 5.73 Å². The molecule has 0 aromatic carbocycles.